The third-order valence-corrected chi connectivity index (χ3v) is 3.06. The molecule has 25 heavy (non-hydrogen) atoms. The van der Waals surface area contributed by atoms with Crippen molar-refractivity contribution in [3.8, 4) is 11.5 Å². The number of halogens is 1. The van der Waals surface area contributed by atoms with E-state index in [2.05, 4.69) is 15.8 Å². The second-order valence-corrected chi connectivity index (χ2v) is 4.96. The Morgan fingerprint density at radius 2 is 1.92 bits per heavy atom. The number of phenols is 1. The summed E-state index contributed by atoms with van der Waals surface area (Å²) >= 11 is 0. The molecule has 3 N–H and O–H groups in total. The molecular weight excluding hydrogens is 329 g/mol. The van der Waals surface area contributed by atoms with Crippen LogP contribution in [0.25, 0.3) is 0 Å². The van der Waals surface area contributed by atoms with Crippen molar-refractivity contribution in [3.63, 3.8) is 0 Å². The van der Waals surface area contributed by atoms with Gasteiger partial charge in [-0.15, -0.1) is 0 Å². The van der Waals surface area contributed by atoms with Gasteiger partial charge in [-0.1, -0.05) is 0 Å². The Kier molecular flexibility index (Phi) is 6.05. The Labute approximate surface area is 143 Å². The van der Waals surface area contributed by atoms with Crippen LogP contribution in [0, 0.1) is 5.82 Å². The van der Waals surface area contributed by atoms with Crippen LogP contribution in [0.3, 0.4) is 0 Å². The summed E-state index contributed by atoms with van der Waals surface area (Å²) in [6.07, 6.45) is 0.908. The molecule has 0 aliphatic rings. The molecule has 0 bridgehead atoms. The van der Waals surface area contributed by atoms with Crippen LogP contribution in [0.2, 0.25) is 0 Å². The zero-order chi connectivity index (χ0) is 18.2. The maximum absolute atomic E-state index is 12.8. The van der Waals surface area contributed by atoms with Crippen molar-refractivity contribution >= 4 is 23.7 Å². The molecule has 2 amide bonds. The van der Waals surface area contributed by atoms with Gasteiger partial charge in [-0.05, 0) is 48.0 Å². The van der Waals surface area contributed by atoms with E-state index in [4.69, 9.17) is 4.74 Å². The van der Waals surface area contributed by atoms with E-state index in [9.17, 15) is 19.1 Å². The van der Waals surface area contributed by atoms with Gasteiger partial charge in [-0.25, -0.2) is 9.82 Å². The molecule has 0 saturated carbocycles. The number of carbonyl (C=O) groups is 2. The number of anilines is 1. The number of amides is 2. The van der Waals surface area contributed by atoms with Crippen molar-refractivity contribution in [1.29, 1.82) is 0 Å². The summed E-state index contributed by atoms with van der Waals surface area (Å²) in [6.45, 7) is 0. The van der Waals surface area contributed by atoms with Crippen LogP contribution >= 0.6 is 0 Å². The first-order chi connectivity index (χ1) is 12.0. The summed E-state index contributed by atoms with van der Waals surface area (Å²) in [4.78, 5) is 23.4. The number of hydrogen-bond acceptors (Lipinski definition) is 5. The van der Waals surface area contributed by atoms with Gasteiger partial charge >= 0.3 is 0 Å². The summed E-state index contributed by atoms with van der Waals surface area (Å²) < 4.78 is 17.7. The van der Waals surface area contributed by atoms with Crippen LogP contribution in [-0.2, 0) is 9.59 Å². The summed E-state index contributed by atoms with van der Waals surface area (Å²) in [7, 11) is 1.41. The van der Waals surface area contributed by atoms with Crippen molar-refractivity contribution in [2.45, 2.75) is 6.42 Å². The molecule has 0 aliphatic heterocycles. The lowest BCUT2D eigenvalue weighted by molar-refractivity contribution is -0.126. The number of phenolic OH excluding ortho intramolecular Hbond substituents is 1. The number of aromatic hydroxyl groups is 1. The molecule has 0 saturated heterocycles. The van der Waals surface area contributed by atoms with Crippen molar-refractivity contribution < 1.29 is 23.8 Å². The van der Waals surface area contributed by atoms with Crippen molar-refractivity contribution in [1.82, 2.24) is 5.43 Å². The lowest BCUT2D eigenvalue weighted by Crippen LogP contribution is -2.24. The van der Waals surface area contributed by atoms with Crippen LogP contribution in [0.5, 0.6) is 11.5 Å². The number of rotatable bonds is 6. The van der Waals surface area contributed by atoms with Gasteiger partial charge < -0.3 is 15.2 Å². The topological polar surface area (TPSA) is 100 Å². The minimum atomic E-state index is -0.610. The molecule has 0 atom stereocenters. The van der Waals surface area contributed by atoms with Gasteiger partial charge in [0, 0.05) is 5.69 Å². The van der Waals surface area contributed by atoms with Gasteiger partial charge in [0.05, 0.1) is 13.3 Å². The van der Waals surface area contributed by atoms with Gasteiger partial charge in [0.15, 0.2) is 11.5 Å². The number of methoxy groups -OCH3 is 1. The van der Waals surface area contributed by atoms with Gasteiger partial charge in [-0.2, -0.15) is 5.10 Å². The Bertz CT molecular complexity index is 791. The van der Waals surface area contributed by atoms with E-state index in [0.29, 0.717) is 11.3 Å². The molecule has 130 valence electrons. The number of nitrogens with one attached hydrogen (secondary N) is 2. The number of hydrazone groups is 1. The molecule has 8 heteroatoms. The fourth-order valence-corrected chi connectivity index (χ4v) is 1.88. The maximum atomic E-state index is 12.8. The lowest BCUT2D eigenvalue weighted by atomic mass is 10.2. The van der Waals surface area contributed by atoms with Gasteiger partial charge in [-0.3, -0.25) is 9.59 Å². The lowest BCUT2D eigenvalue weighted by Gasteiger charge is -2.05. The summed E-state index contributed by atoms with van der Waals surface area (Å²) in [5.41, 5.74) is 3.19. The van der Waals surface area contributed by atoms with Gasteiger partial charge in [0.25, 0.3) is 0 Å². The molecule has 0 aromatic heterocycles. The second-order valence-electron chi connectivity index (χ2n) is 4.96. The molecule has 2 rings (SSSR count). The molecule has 2 aromatic carbocycles. The highest BCUT2D eigenvalue weighted by Crippen LogP contribution is 2.25. The van der Waals surface area contributed by atoms with Crippen molar-refractivity contribution in [2.24, 2.45) is 5.10 Å². The molecule has 7 nitrogen and oxygen atoms in total. The molecule has 0 fully saturated rings. The Morgan fingerprint density at radius 3 is 2.60 bits per heavy atom. The average Bonchev–Trinajstić information content (AvgIpc) is 2.58. The molecule has 0 radical (unpaired) electrons. The number of nitrogens with zero attached hydrogens (tertiary/aromatic N) is 1. The highest BCUT2D eigenvalue weighted by molar-refractivity contribution is 6.03. The molecule has 0 heterocycles. The second kappa shape index (κ2) is 8.44. The fraction of sp³-hybridized carbons (Fsp3) is 0.118. The predicted molar refractivity (Wildman–Crippen MR) is 90.0 cm³/mol. The molecule has 0 aliphatic carbocycles. The van der Waals surface area contributed by atoms with E-state index >= 15 is 0 Å². The number of ether oxygens (including phenoxy) is 1. The molecule has 0 spiro atoms. The predicted octanol–water partition coefficient (Wildman–Crippen LogP) is 2.02. The number of carbonyl (C=O) groups excluding carboxylic acids is 2. The van der Waals surface area contributed by atoms with Crippen LogP contribution in [0.4, 0.5) is 10.1 Å². The molecule has 2 aromatic rings. The summed E-state index contributed by atoms with van der Waals surface area (Å²) in [6, 6.07) is 9.72. The van der Waals surface area contributed by atoms with E-state index in [-0.39, 0.29) is 11.5 Å². The van der Waals surface area contributed by atoms with Crippen LogP contribution in [0.1, 0.15) is 12.0 Å². The monoisotopic (exact) mass is 345 g/mol. The largest absolute Gasteiger partial charge is 0.504 e. The smallest absolute Gasteiger partial charge is 0.249 e. The zero-order valence-electron chi connectivity index (χ0n) is 13.3. The van der Waals surface area contributed by atoms with Crippen molar-refractivity contribution in [2.75, 3.05) is 12.4 Å². The molecular formula is C17H16FN3O4. The quantitative estimate of drug-likeness (QED) is 0.424. The maximum Gasteiger partial charge on any atom is 0.249 e. The summed E-state index contributed by atoms with van der Waals surface area (Å²) in [5, 5.41) is 15.7. The highest BCUT2D eigenvalue weighted by Gasteiger charge is 2.09. The Balaban J connectivity index is 1.83. The Morgan fingerprint density at radius 1 is 1.20 bits per heavy atom. The third kappa shape index (κ3) is 5.61. The van der Waals surface area contributed by atoms with E-state index in [0.717, 1.165) is 0 Å². The first kappa shape index (κ1) is 17.9. The van der Waals surface area contributed by atoms with Crippen LogP contribution in [-0.4, -0.2) is 30.2 Å². The summed E-state index contributed by atoms with van der Waals surface area (Å²) in [5.74, 6) is -1.32. The SMILES string of the molecule is COc1cc(/C=N/NC(=O)CC(=O)Nc2ccc(F)cc2)ccc1O. The van der Waals surface area contributed by atoms with Crippen LogP contribution in [0.15, 0.2) is 47.6 Å². The minimum absolute atomic E-state index is 0.0128. The van der Waals surface area contributed by atoms with Crippen molar-refractivity contribution in [3.05, 3.63) is 53.8 Å². The van der Waals surface area contributed by atoms with Gasteiger partial charge in [0.1, 0.15) is 12.2 Å². The average molecular weight is 345 g/mol. The highest BCUT2D eigenvalue weighted by atomic mass is 19.1. The third-order valence-electron chi connectivity index (χ3n) is 3.06. The van der Waals surface area contributed by atoms with E-state index < -0.39 is 24.1 Å². The molecule has 0 unspecified atom stereocenters. The van der Waals surface area contributed by atoms with Crippen LogP contribution < -0.4 is 15.5 Å². The normalized spacial score (nSPS) is 10.5. The zero-order valence-corrected chi connectivity index (χ0v) is 13.3. The number of hydrogen-bond donors (Lipinski definition) is 3. The standard InChI is InChI=1S/C17H16FN3O4/c1-25-15-8-11(2-7-14(15)22)10-19-21-17(24)9-16(23)20-13-5-3-12(18)4-6-13/h2-8,10,22H,9H2,1H3,(H,20,23)(H,21,24)/b19-10+. The van der Waals surface area contributed by atoms with E-state index in [1.54, 1.807) is 6.07 Å². The Hall–Kier alpha value is -3.42. The first-order valence-electron chi connectivity index (χ1n) is 7.22. The minimum Gasteiger partial charge on any atom is -0.504 e. The first-order valence-corrected chi connectivity index (χ1v) is 7.22. The fourth-order valence-electron chi connectivity index (χ4n) is 1.88. The van der Waals surface area contributed by atoms with E-state index in [1.807, 2.05) is 0 Å². The van der Waals surface area contributed by atoms with Gasteiger partial charge in [0.2, 0.25) is 11.8 Å². The van der Waals surface area contributed by atoms with E-state index in [1.165, 1.54) is 49.7 Å². The number of benzene rings is 2.